The van der Waals surface area contributed by atoms with Gasteiger partial charge in [-0.25, -0.2) is 0 Å². The summed E-state index contributed by atoms with van der Waals surface area (Å²) in [6.45, 7) is 4.16. The third kappa shape index (κ3) is 2.74. The summed E-state index contributed by atoms with van der Waals surface area (Å²) in [7, 11) is 0. The van der Waals surface area contributed by atoms with Crippen LogP contribution in [0.1, 0.15) is 27.6 Å². The standard InChI is InChI=1S/C13H13BrClNS/c1-7-3-4-8(2)9(5-7)12(16)11-6-10(15)13(14)17-11/h3-6,12H,16H2,1-2H3. The van der Waals surface area contributed by atoms with Crippen molar-refractivity contribution in [3.8, 4) is 0 Å². The number of rotatable bonds is 2. The normalized spacial score (nSPS) is 12.8. The first-order chi connectivity index (χ1) is 7.99. The lowest BCUT2D eigenvalue weighted by molar-refractivity contribution is 0.880. The van der Waals surface area contributed by atoms with Gasteiger partial charge < -0.3 is 5.73 Å². The summed E-state index contributed by atoms with van der Waals surface area (Å²) in [5.74, 6) is 0. The van der Waals surface area contributed by atoms with Gasteiger partial charge in [0.15, 0.2) is 0 Å². The molecule has 1 aromatic heterocycles. The second-order valence-electron chi connectivity index (χ2n) is 4.11. The summed E-state index contributed by atoms with van der Waals surface area (Å²) >= 11 is 11.1. The summed E-state index contributed by atoms with van der Waals surface area (Å²) in [6.07, 6.45) is 0. The fourth-order valence-corrected chi connectivity index (χ4v) is 3.53. The highest BCUT2D eigenvalue weighted by molar-refractivity contribution is 9.11. The van der Waals surface area contributed by atoms with Gasteiger partial charge in [-0.15, -0.1) is 11.3 Å². The van der Waals surface area contributed by atoms with Crippen LogP contribution in [-0.4, -0.2) is 0 Å². The van der Waals surface area contributed by atoms with Gasteiger partial charge in [0.1, 0.15) is 0 Å². The van der Waals surface area contributed by atoms with Crippen molar-refractivity contribution in [1.82, 2.24) is 0 Å². The average molecular weight is 331 g/mol. The Balaban J connectivity index is 2.42. The number of nitrogens with two attached hydrogens (primary N) is 1. The summed E-state index contributed by atoms with van der Waals surface area (Å²) in [4.78, 5) is 1.08. The second-order valence-corrected chi connectivity index (χ2v) is 6.92. The van der Waals surface area contributed by atoms with Gasteiger partial charge in [0.25, 0.3) is 0 Å². The van der Waals surface area contributed by atoms with E-state index in [-0.39, 0.29) is 6.04 Å². The molecular formula is C13H13BrClNS. The Morgan fingerprint density at radius 2 is 2.00 bits per heavy atom. The molecule has 1 atom stereocenters. The lowest BCUT2D eigenvalue weighted by Gasteiger charge is -2.13. The zero-order chi connectivity index (χ0) is 12.6. The predicted molar refractivity (Wildman–Crippen MR) is 79.0 cm³/mol. The third-order valence-electron chi connectivity index (χ3n) is 2.74. The van der Waals surface area contributed by atoms with E-state index in [1.165, 1.54) is 11.1 Å². The first-order valence-corrected chi connectivity index (χ1v) is 7.25. The van der Waals surface area contributed by atoms with Gasteiger partial charge >= 0.3 is 0 Å². The Bertz CT molecular complexity index is 531. The Hall–Kier alpha value is -0.350. The molecule has 0 aliphatic rings. The third-order valence-corrected chi connectivity index (χ3v) is 5.30. The molecule has 0 bridgehead atoms. The van der Waals surface area contributed by atoms with Crippen LogP contribution >= 0.6 is 38.9 Å². The van der Waals surface area contributed by atoms with Gasteiger partial charge in [0, 0.05) is 4.88 Å². The molecule has 1 unspecified atom stereocenters. The van der Waals surface area contributed by atoms with E-state index in [0.717, 1.165) is 19.2 Å². The first kappa shape index (κ1) is 13.1. The quantitative estimate of drug-likeness (QED) is 0.838. The van der Waals surface area contributed by atoms with E-state index < -0.39 is 0 Å². The van der Waals surface area contributed by atoms with Crippen LogP contribution in [-0.2, 0) is 0 Å². The van der Waals surface area contributed by atoms with Gasteiger partial charge in [-0.05, 0) is 47.0 Å². The maximum Gasteiger partial charge on any atom is 0.0888 e. The molecule has 0 amide bonds. The Morgan fingerprint density at radius 1 is 1.29 bits per heavy atom. The molecule has 2 N–H and O–H groups in total. The first-order valence-electron chi connectivity index (χ1n) is 5.26. The van der Waals surface area contributed by atoms with E-state index >= 15 is 0 Å². The number of hydrogen-bond donors (Lipinski definition) is 1. The number of aryl methyl sites for hydroxylation is 2. The maximum absolute atomic E-state index is 6.30. The largest absolute Gasteiger partial charge is 0.320 e. The van der Waals surface area contributed by atoms with Crippen LogP contribution in [0.2, 0.25) is 5.02 Å². The summed E-state index contributed by atoms with van der Waals surface area (Å²) in [5, 5.41) is 0.728. The minimum Gasteiger partial charge on any atom is -0.320 e. The Morgan fingerprint density at radius 3 is 2.59 bits per heavy atom. The molecule has 0 saturated heterocycles. The van der Waals surface area contributed by atoms with Gasteiger partial charge in [-0.1, -0.05) is 35.4 Å². The monoisotopic (exact) mass is 329 g/mol. The van der Waals surface area contributed by atoms with Gasteiger partial charge in [0.2, 0.25) is 0 Å². The average Bonchev–Trinajstić information content (AvgIpc) is 2.62. The van der Waals surface area contributed by atoms with E-state index in [1.807, 2.05) is 6.07 Å². The Kier molecular flexibility index (Phi) is 3.93. The fourth-order valence-electron chi connectivity index (χ4n) is 1.76. The highest BCUT2D eigenvalue weighted by Crippen LogP contribution is 2.37. The van der Waals surface area contributed by atoms with Crippen LogP contribution in [0.5, 0.6) is 0 Å². The summed E-state index contributed by atoms with van der Waals surface area (Å²) in [6, 6.07) is 8.17. The minimum absolute atomic E-state index is 0.108. The molecule has 1 heterocycles. The number of benzene rings is 1. The molecular weight excluding hydrogens is 318 g/mol. The molecule has 0 aliphatic heterocycles. The molecule has 0 saturated carbocycles. The molecule has 1 nitrogen and oxygen atoms in total. The molecule has 2 aromatic rings. The van der Waals surface area contributed by atoms with Crippen molar-refractivity contribution in [3.05, 3.63) is 54.6 Å². The van der Waals surface area contributed by atoms with E-state index in [2.05, 4.69) is 48.0 Å². The lowest BCUT2D eigenvalue weighted by Crippen LogP contribution is -2.11. The van der Waals surface area contributed by atoms with Crippen molar-refractivity contribution >= 4 is 38.9 Å². The highest BCUT2D eigenvalue weighted by Gasteiger charge is 2.15. The van der Waals surface area contributed by atoms with E-state index in [1.54, 1.807) is 11.3 Å². The van der Waals surface area contributed by atoms with Crippen LogP contribution < -0.4 is 5.73 Å². The van der Waals surface area contributed by atoms with E-state index in [4.69, 9.17) is 17.3 Å². The molecule has 0 spiro atoms. The highest BCUT2D eigenvalue weighted by atomic mass is 79.9. The van der Waals surface area contributed by atoms with Crippen molar-refractivity contribution in [2.75, 3.05) is 0 Å². The van der Waals surface area contributed by atoms with E-state index in [9.17, 15) is 0 Å². The SMILES string of the molecule is Cc1ccc(C)c(C(N)c2cc(Cl)c(Br)s2)c1. The molecule has 4 heteroatoms. The molecule has 17 heavy (non-hydrogen) atoms. The topological polar surface area (TPSA) is 26.0 Å². The van der Waals surface area contributed by atoms with Crippen LogP contribution in [0.4, 0.5) is 0 Å². The van der Waals surface area contributed by atoms with Crippen molar-refractivity contribution in [2.24, 2.45) is 5.73 Å². The van der Waals surface area contributed by atoms with Gasteiger partial charge in [-0.3, -0.25) is 0 Å². The number of thiophene rings is 1. The molecule has 0 radical (unpaired) electrons. The molecule has 2 rings (SSSR count). The predicted octanol–water partition coefficient (Wildman–Crippen LogP) is 4.83. The summed E-state index contributed by atoms with van der Waals surface area (Å²) in [5.41, 5.74) is 9.90. The smallest absolute Gasteiger partial charge is 0.0888 e. The van der Waals surface area contributed by atoms with Crippen LogP contribution in [0.15, 0.2) is 28.1 Å². The zero-order valence-corrected chi connectivity index (χ0v) is 12.8. The lowest BCUT2D eigenvalue weighted by atomic mass is 9.98. The van der Waals surface area contributed by atoms with Gasteiger partial charge in [-0.2, -0.15) is 0 Å². The van der Waals surface area contributed by atoms with E-state index in [0.29, 0.717) is 0 Å². The van der Waals surface area contributed by atoms with Crippen LogP contribution in [0, 0.1) is 13.8 Å². The van der Waals surface area contributed by atoms with Crippen molar-refractivity contribution in [3.63, 3.8) is 0 Å². The molecule has 1 aromatic carbocycles. The van der Waals surface area contributed by atoms with Crippen molar-refractivity contribution in [2.45, 2.75) is 19.9 Å². The molecule has 0 fully saturated rings. The fraction of sp³-hybridized carbons (Fsp3) is 0.231. The zero-order valence-electron chi connectivity index (χ0n) is 9.63. The molecule has 0 aliphatic carbocycles. The second kappa shape index (κ2) is 5.11. The maximum atomic E-state index is 6.30. The van der Waals surface area contributed by atoms with Crippen LogP contribution in [0.25, 0.3) is 0 Å². The molecule has 90 valence electrons. The minimum atomic E-state index is -0.108. The summed E-state index contributed by atoms with van der Waals surface area (Å²) < 4.78 is 0.940. The van der Waals surface area contributed by atoms with Crippen LogP contribution in [0.3, 0.4) is 0 Å². The number of hydrogen-bond acceptors (Lipinski definition) is 2. The Labute approximate surface area is 119 Å². The van der Waals surface area contributed by atoms with Gasteiger partial charge in [0.05, 0.1) is 14.9 Å². The van der Waals surface area contributed by atoms with Crippen molar-refractivity contribution in [1.29, 1.82) is 0 Å². The number of halogens is 2. The van der Waals surface area contributed by atoms with Crippen molar-refractivity contribution < 1.29 is 0 Å².